The number of carbonyl (C=O) groups excluding carboxylic acids is 2. The monoisotopic (exact) mass is 499 g/mol. The molecule has 0 saturated carbocycles. The lowest BCUT2D eigenvalue weighted by molar-refractivity contribution is -0.384. The van der Waals surface area contributed by atoms with Crippen molar-refractivity contribution < 1.29 is 19.6 Å². The van der Waals surface area contributed by atoms with Crippen LogP contribution in [0, 0.1) is 17.0 Å². The minimum Gasteiger partial charge on any atom is -0.507 e. The zero-order chi connectivity index (χ0) is 25.6. The van der Waals surface area contributed by atoms with Crippen molar-refractivity contribution >= 4 is 49.8 Å². The molecule has 1 amide bonds. The van der Waals surface area contributed by atoms with E-state index in [0.717, 1.165) is 22.2 Å². The van der Waals surface area contributed by atoms with Crippen molar-refractivity contribution in [1.29, 1.82) is 0 Å². The summed E-state index contributed by atoms with van der Waals surface area (Å²) in [6.07, 6.45) is 0.840. The van der Waals surface area contributed by atoms with Crippen molar-refractivity contribution in [3.63, 3.8) is 0 Å². The number of aliphatic hydroxyl groups is 1. The highest BCUT2D eigenvalue weighted by atomic mass is 32.1. The van der Waals surface area contributed by atoms with Crippen molar-refractivity contribution in [1.82, 2.24) is 4.98 Å². The molecule has 2 heterocycles. The summed E-state index contributed by atoms with van der Waals surface area (Å²) in [4.78, 5) is 43.2. The van der Waals surface area contributed by atoms with Gasteiger partial charge in [-0.3, -0.25) is 24.6 Å². The molecular formula is C27H21N3O5S. The number of thiazole rings is 1. The number of Topliss-reactive ketones (excluding diaryl/α,β-unsaturated/α-hetero) is 1. The molecule has 1 fully saturated rings. The van der Waals surface area contributed by atoms with Gasteiger partial charge >= 0.3 is 5.91 Å². The fourth-order valence-corrected chi connectivity index (χ4v) is 5.33. The molecule has 0 unspecified atom stereocenters. The SMILES string of the molecule is CCc1ccc2nc(N3C(=O)C(=O)/C(=C(/O)c4ccc(C)cc4)[C@@H]3c3ccc([N+](=O)[O-])cc3)sc2c1. The van der Waals surface area contributed by atoms with E-state index < -0.39 is 22.7 Å². The molecule has 4 aromatic rings. The van der Waals surface area contributed by atoms with Gasteiger partial charge < -0.3 is 5.11 Å². The number of anilines is 1. The number of carbonyl (C=O) groups is 2. The van der Waals surface area contributed by atoms with Crippen LogP contribution in [-0.2, 0) is 16.0 Å². The summed E-state index contributed by atoms with van der Waals surface area (Å²) in [6, 6.07) is 17.4. The Morgan fingerprint density at radius 1 is 1.08 bits per heavy atom. The number of aryl methyl sites for hydroxylation is 2. The number of nitro groups is 1. The van der Waals surface area contributed by atoms with Gasteiger partial charge in [0.2, 0.25) is 0 Å². The molecule has 36 heavy (non-hydrogen) atoms. The van der Waals surface area contributed by atoms with Crippen LogP contribution in [0.4, 0.5) is 10.8 Å². The van der Waals surface area contributed by atoms with Gasteiger partial charge in [0.25, 0.3) is 11.5 Å². The number of benzene rings is 3. The number of nitrogens with zero attached hydrogens (tertiary/aromatic N) is 3. The lowest BCUT2D eigenvalue weighted by Crippen LogP contribution is -2.29. The van der Waals surface area contributed by atoms with E-state index in [2.05, 4.69) is 4.98 Å². The van der Waals surface area contributed by atoms with Gasteiger partial charge in [0.15, 0.2) is 5.13 Å². The van der Waals surface area contributed by atoms with E-state index in [-0.39, 0.29) is 17.0 Å². The van der Waals surface area contributed by atoms with Gasteiger partial charge in [0, 0.05) is 17.7 Å². The fourth-order valence-electron chi connectivity index (χ4n) is 4.27. The summed E-state index contributed by atoms with van der Waals surface area (Å²) in [6.45, 7) is 3.94. The summed E-state index contributed by atoms with van der Waals surface area (Å²) in [5.41, 5.74) is 3.40. The van der Waals surface area contributed by atoms with Crippen molar-refractivity contribution in [2.75, 3.05) is 4.90 Å². The van der Waals surface area contributed by atoms with E-state index >= 15 is 0 Å². The Bertz CT molecular complexity index is 1550. The maximum Gasteiger partial charge on any atom is 0.301 e. The van der Waals surface area contributed by atoms with Crippen LogP contribution in [0.5, 0.6) is 0 Å². The topological polar surface area (TPSA) is 114 Å². The van der Waals surface area contributed by atoms with E-state index in [0.29, 0.717) is 21.8 Å². The second kappa shape index (κ2) is 9.01. The second-order valence-corrected chi connectivity index (χ2v) is 9.54. The van der Waals surface area contributed by atoms with Crippen LogP contribution >= 0.6 is 11.3 Å². The Labute approximate surface area is 210 Å². The van der Waals surface area contributed by atoms with Gasteiger partial charge in [-0.05, 0) is 48.7 Å². The standard InChI is InChI=1S/C27H21N3O5S/c1-3-16-6-13-20-21(14-16)36-27(28-20)29-23(17-9-11-19(12-10-17)30(34)35)22(25(32)26(29)33)24(31)18-7-4-15(2)5-8-18/h4-14,23,31H,3H2,1-2H3/b24-22+/t23-/m0/s1. The van der Waals surface area contributed by atoms with E-state index in [1.165, 1.54) is 40.5 Å². The zero-order valence-corrected chi connectivity index (χ0v) is 20.3. The van der Waals surface area contributed by atoms with Crippen LogP contribution in [0.3, 0.4) is 0 Å². The van der Waals surface area contributed by atoms with Crippen LogP contribution in [-0.4, -0.2) is 26.7 Å². The van der Waals surface area contributed by atoms with Crippen molar-refractivity contribution in [2.24, 2.45) is 0 Å². The number of amides is 1. The highest BCUT2D eigenvalue weighted by Gasteiger charge is 2.48. The lowest BCUT2D eigenvalue weighted by atomic mass is 9.95. The van der Waals surface area contributed by atoms with Crippen LogP contribution in [0.15, 0.2) is 72.3 Å². The number of hydrogen-bond donors (Lipinski definition) is 1. The number of ketones is 1. The van der Waals surface area contributed by atoms with Crippen molar-refractivity contribution in [2.45, 2.75) is 26.3 Å². The molecule has 8 nitrogen and oxygen atoms in total. The summed E-state index contributed by atoms with van der Waals surface area (Å²) >= 11 is 1.28. The molecule has 180 valence electrons. The lowest BCUT2D eigenvalue weighted by Gasteiger charge is -2.22. The molecule has 1 saturated heterocycles. The molecule has 1 aromatic heterocycles. The molecule has 0 aliphatic carbocycles. The minimum atomic E-state index is -1.00. The summed E-state index contributed by atoms with van der Waals surface area (Å²) in [5, 5.41) is 22.7. The third-order valence-electron chi connectivity index (χ3n) is 6.24. The first-order valence-corrected chi connectivity index (χ1v) is 12.1. The first-order chi connectivity index (χ1) is 17.3. The second-order valence-electron chi connectivity index (χ2n) is 8.54. The molecule has 9 heteroatoms. The number of nitro benzene ring substituents is 1. The molecule has 0 radical (unpaired) electrons. The van der Waals surface area contributed by atoms with Crippen LogP contribution < -0.4 is 4.90 Å². The molecular weight excluding hydrogens is 478 g/mol. The Balaban J connectivity index is 1.71. The van der Waals surface area contributed by atoms with E-state index in [1.807, 2.05) is 32.0 Å². The zero-order valence-electron chi connectivity index (χ0n) is 19.5. The molecule has 1 atom stereocenters. The highest BCUT2D eigenvalue weighted by molar-refractivity contribution is 7.22. The van der Waals surface area contributed by atoms with Crippen molar-refractivity contribution in [3.8, 4) is 0 Å². The maximum absolute atomic E-state index is 13.4. The van der Waals surface area contributed by atoms with Crippen LogP contribution in [0.1, 0.15) is 35.2 Å². The first-order valence-electron chi connectivity index (χ1n) is 11.3. The number of hydrogen-bond acceptors (Lipinski definition) is 7. The van der Waals surface area contributed by atoms with E-state index in [9.17, 15) is 24.8 Å². The average Bonchev–Trinajstić information content (AvgIpc) is 3.41. The van der Waals surface area contributed by atoms with Gasteiger partial charge in [-0.1, -0.05) is 54.2 Å². The molecule has 1 N–H and O–H groups in total. The predicted molar refractivity (Wildman–Crippen MR) is 138 cm³/mol. The maximum atomic E-state index is 13.4. The molecule has 0 bridgehead atoms. The Morgan fingerprint density at radius 3 is 2.42 bits per heavy atom. The van der Waals surface area contributed by atoms with Gasteiger partial charge in [-0.15, -0.1) is 0 Å². The fraction of sp³-hybridized carbons (Fsp3) is 0.148. The molecule has 5 rings (SSSR count). The van der Waals surface area contributed by atoms with Gasteiger partial charge in [-0.25, -0.2) is 4.98 Å². The largest absolute Gasteiger partial charge is 0.507 e. The summed E-state index contributed by atoms with van der Waals surface area (Å²) < 4.78 is 0.868. The number of fused-ring (bicyclic) bond motifs is 1. The number of aromatic nitrogens is 1. The Hall–Kier alpha value is -4.37. The molecule has 1 aliphatic heterocycles. The number of aliphatic hydroxyl groups excluding tert-OH is 1. The quantitative estimate of drug-likeness (QED) is 0.124. The number of non-ortho nitro benzene ring substituents is 1. The Morgan fingerprint density at radius 2 is 1.78 bits per heavy atom. The third-order valence-corrected chi connectivity index (χ3v) is 7.26. The van der Waals surface area contributed by atoms with Crippen molar-refractivity contribution in [3.05, 3.63) is 105 Å². The average molecular weight is 500 g/mol. The predicted octanol–water partition coefficient (Wildman–Crippen LogP) is 5.70. The summed E-state index contributed by atoms with van der Waals surface area (Å²) in [5.74, 6) is -1.97. The van der Waals surface area contributed by atoms with Gasteiger partial charge in [-0.2, -0.15) is 0 Å². The van der Waals surface area contributed by atoms with E-state index in [4.69, 9.17) is 0 Å². The number of rotatable bonds is 5. The van der Waals surface area contributed by atoms with Gasteiger partial charge in [0.05, 0.1) is 26.8 Å². The van der Waals surface area contributed by atoms with Crippen LogP contribution in [0.2, 0.25) is 0 Å². The third kappa shape index (κ3) is 3.93. The molecule has 3 aromatic carbocycles. The highest BCUT2D eigenvalue weighted by Crippen LogP contribution is 2.44. The minimum absolute atomic E-state index is 0.0915. The molecule has 1 aliphatic rings. The first kappa shape index (κ1) is 23.4. The normalized spacial score (nSPS) is 17.2. The van der Waals surface area contributed by atoms with Crippen LogP contribution in [0.25, 0.3) is 16.0 Å². The molecule has 0 spiro atoms. The Kier molecular flexibility index (Phi) is 5.85. The van der Waals surface area contributed by atoms with E-state index in [1.54, 1.807) is 24.3 Å². The smallest absolute Gasteiger partial charge is 0.301 e. The summed E-state index contributed by atoms with van der Waals surface area (Å²) in [7, 11) is 0. The van der Waals surface area contributed by atoms with Gasteiger partial charge in [0.1, 0.15) is 5.76 Å².